The summed E-state index contributed by atoms with van der Waals surface area (Å²) in [5.41, 5.74) is 0. The summed E-state index contributed by atoms with van der Waals surface area (Å²) in [6.07, 6.45) is 7.97. The van der Waals surface area contributed by atoms with E-state index in [1.54, 1.807) is 0 Å². The molecule has 0 aromatic heterocycles. The van der Waals surface area contributed by atoms with Crippen LogP contribution in [0.3, 0.4) is 0 Å². The van der Waals surface area contributed by atoms with Crippen LogP contribution in [0, 0.1) is 5.92 Å². The van der Waals surface area contributed by atoms with Gasteiger partial charge in [0.25, 0.3) is 8.32 Å². The fourth-order valence-corrected chi connectivity index (χ4v) is 9.62. The molecule has 1 aliphatic rings. The average molecular weight is 409 g/mol. The lowest BCUT2D eigenvalue weighted by atomic mass is 9.85. The third kappa shape index (κ3) is 4.58. The van der Waals surface area contributed by atoms with Crippen LogP contribution in [0.15, 0.2) is 72.8 Å². The summed E-state index contributed by atoms with van der Waals surface area (Å²) < 4.78 is 13.3. The van der Waals surface area contributed by atoms with Crippen LogP contribution < -0.4 is 10.4 Å². The Bertz CT molecular complexity index is 740. The largest absolute Gasteiger partial charge is 0.402 e. The minimum absolute atomic E-state index is 0.00579. The normalized spacial score (nSPS) is 23.4. The average Bonchev–Trinajstić information content (AvgIpc) is 2.73. The zero-order valence-electron chi connectivity index (χ0n) is 18.6. The molecule has 0 amide bonds. The Kier molecular flexibility index (Phi) is 7.15. The number of benzene rings is 2. The molecule has 1 fully saturated rings. The Morgan fingerprint density at radius 1 is 0.862 bits per heavy atom. The first-order valence-electron chi connectivity index (χ1n) is 10.9. The molecule has 0 aliphatic heterocycles. The molecule has 0 heterocycles. The van der Waals surface area contributed by atoms with Gasteiger partial charge >= 0.3 is 0 Å². The summed E-state index contributed by atoms with van der Waals surface area (Å²) in [5, 5.41) is 2.67. The number of hydrogen-bond acceptors (Lipinski definition) is 2. The van der Waals surface area contributed by atoms with E-state index in [1.807, 2.05) is 7.11 Å². The Morgan fingerprint density at radius 3 is 1.86 bits per heavy atom. The maximum absolute atomic E-state index is 7.34. The highest BCUT2D eigenvalue weighted by atomic mass is 28.4. The van der Waals surface area contributed by atoms with E-state index in [9.17, 15) is 0 Å². The molecule has 1 saturated carbocycles. The van der Waals surface area contributed by atoms with Crippen molar-refractivity contribution in [3.63, 3.8) is 0 Å². The van der Waals surface area contributed by atoms with E-state index in [0.717, 1.165) is 19.3 Å². The first kappa shape index (κ1) is 22.0. The molecule has 0 spiro atoms. The molecule has 0 radical (unpaired) electrons. The molecule has 3 heteroatoms. The first-order valence-corrected chi connectivity index (χ1v) is 12.8. The van der Waals surface area contributed by atoms with Gasteiger partial charge in [0.1, 0.15) is 0 Å². The second-order valence-electron chi connectivity index (χ2n) is 9.19. The minimum atomic E-state index is -2.53. The van der Waals surface area contributed by atoms with Gasteiger partial charge in [-0.25, -0.2) is 0 Å². The van der Waals surface area contributed by atoms with Crippen LogP contribution in [0.5, 0.6) is 0 Å². The Morgan fingerprint density at radius 2 is 1.41 bits per heavy atom. The highest BCUT2D eigenvalue weighted by Gasteiger charge is 2.52. The summed E-state index contributed by atoms with van der Waals surface area (Å²) in [4.78, 5) is 0. The number of ether oxygens (including phenoxy) is 1. The summed E-state index contributed by atoms with van der Waals surface area (Å²) >= 11 is 0. The third-order valence-electron chi connectivity index (χ3n) is 6.28. The Balaban J connectivity index is 2.06. The second-order valence-corrected chi connectivity index (χ2v) is 13.4. The highest BCUT2D eigenvalue weighted by molar-refractivity contribution is 6.99. The molecular weight excluding hydrogens is 372 g/mol. The lowest BCUT2D eigenvalue weighted by Gasteiger charge is -2.47. The van der Waals surface area contributed by atoms with Crippen molar-refractivity contribution in [2.75, 3.05) is 7.11 Å². The molecule has 0 bridgehead atoms. The van der Waals surface area contributed by atoms with Crippen LogP contribution in [-0.2, 0) is 9.16 Å². The number of hydrogen-bond donors (Lipinski definition) is 0. The minimum Gasteiger partial charge on any atom is -0.402 e. The van der Waals surface area contributed by atoms with Crippen molar-refractivity contribution in [1.82, 2.24) is 0 Å². The van der Waals surface area contributed by atoms with E-state index in [2.05, 4.69) is 101 Å². The molecule has 2 aromatic rings. The summed E-state index contributed by atoms with van der Waals surface area (Å²) in [6, 6.07) is 21.8. The van der Waals surface area contributed by atoms with Crippen LogP contribution in [0.4, 0.5) is 0 Å². The first-order chi connectivity index (χ1) is 13.9. The van der Waals surface area contributed by atoms with Crippen molar-refractivity contribution in [3.8, 4) is 0 Å². The van der Waals surface area contributed by atoms with Gasteiger partial charge in [0.05, 0.1) is 12.2 Å². The Labute approximate surface area is 178 Å². The van der Waals surface area contributed by atoms with E-state index in [-0.39, 0.29) is 17.2 Å². The predicted molar refractivity (Wildman–Crippen MR) is 125 cm³/mol. The molecule has 1 aliphatic carbocycles. The third-order valence-corrected chi connectivity index (χ3v) is 11.3. The van der Waals surface area contributed by atoms with Gasteiger partial charge in [-0.05, 0) is 47.5 Å². The van der Waals surface area contributed by atoms with Gasteiger partial charge in [0.15, 0.2) is 0 Å². The van der Waals surface area contributed by atoms with E-state index < -0.39 is 8.32 Å². The molecule has 3 rings (SSSR count). The van der Waals surface area contributed by atoms with E-state index in [1.165, 1.54) is 10.4 Å². The van der Waals surface area contributed by atoms with E-state index >= 15 is 0 Å². The molecule has 0 unspecified atom stereocenters. The molecular formula is C26H36O2Si. The standard InChI is InChI=1S/C26H36O2Si/c1-6-13-21-18-19-24(25(20-21)27-5)28-29(26(2,3)4,22-14-9-7-10-15-22)23-16-11-8-12-17-23/h6-17,21,24-25H,18-20H2,1-5H3/t21-,24-,25-/m1/s1. The molecule has 3 atom stereocenters. The molecule has 156 valence electrons. The second kappa shape index (κ2) is 9.42. The SMILES string of the molecule is CC=C[C@@H]1CC[C@@H](O[Si](c2ccccc2)(c2ccccc2)C(C)(C)C)[C@H](OC)C1. The molecule has 2 nitrogen and oxygen atoms in total. The van der Waals surface area contributed by atoms with Crippen LogP contribution in [0.25, 0.3) is 0 Å². The van der Waals surface area contributed by atoms with Crippen molar-refractivity contribution in [3.05, 3.63) is 72.8 Å². The van der Waals surface area contributed by atoms with Gasteiger partial charge in [-0.1, -0.05) is 93.6 Å². The topological polar surface area (TPSA) is 18.5 Å². The van der Waals surface area contributed by atoms with E-state index in [0.29, 0.717) is 5.92 Å². The van der Waals surface area contributed by atoms with Gasteiger partial charge < -0.3 is 9.16 Å². The molecule has 0 saturated heterocycles. The van der Waals surface area contributed by atoms with Crippen molar-refractivity contribution >= 4 is 18.7 Å². The zero-order valence-corrected chi connectivity index (χ0v) is 19.6. The smallest absolute Gasteiger partial charge is 0.261 e. The van der Waals surface area contributed by atoms with Gasteiger partial charge in [-0.3, -0.25) is 0 Å². The zero-order chi connectivity index (χ0) is 20.9. The van der Waals surface area contributed by atoms with Crippen molar-refractivity contribution in [2.24, 2.45) is 5.92 Å². The number of rotatable bonds is 6. The van der Waals surface area contributed by atoms with Crippen LogP contribution in [-0.4, -0.2) is 27.6 Å². The van der Waals surface area contributed by atoms with Crippen molar-refractivity contribution in [2.45, 2.75) is 64.2 Å². The van der Waals surface area contributed by atoms with E-state index in [4.69, 9.17) is 9.16 Å². The van der Waals surface area contributed by atoms with Gasteiger partial charge in [0, 0.05) is 7.11 Å². The van der Waals surface area contributed by atoms with Crippen LogP contribution in [0.1, 0.15) is 47.0 Å². The summed E-state index contributed by atoms with van der Waals surface area (Å²) in [7, 11) is -0.696. The van der Waals surface area contributed by atoms with Crippen LogP contribution >= 0.6 is 0 Å². The maximum atomic E-state index is 7.34. The lowest BCUT2D eigenvalue weighted by molar-refractivity contribution is -0.0366. The number of allylic oxidation sites excluding steroid dienone is 2. The van der Waals surface area contributed by atoms with Crippen molar-refractivity contribution in [1.29, 1.82) is 0 Å². The predicted octanol–water partition coefficient (Wildman–Crippen LogP) is 5.32. The summed E-state index contributed by atoms with van der Waals surface area (Å²) in [5.74, 6) is 0.587. The number of methoxy groups -OCH3 is 1. The fourth-order valence-electron chi connectivity index (χ4n) is 4.88. The monoisotopic (exact) mass is 408 g/mol. The highest BCUT2D eigenvalue weighted by Crippen LogP contribution is 2.40. The van der Waals surface area contributed by atoms with Gasteiger partial charge in [0.2, 0.25) is 0 Å². The van der Waals surface area contributed by atoms with Crippen LogP contribution in [0.2, 0.25) is 5.04 Å². The quantitative estimate of drug-likeness (QED) is 0.475. The van der Waals surface area contributed by atoms with Gasteiger partial charge in [-0.15, -0.1) is 0 Å². The maximum Gasteiger partial charge on any atom is 0.261 e. The molecule has 2 aromatic carbocycles. The van der Waals surface area contributed by atoms with Gasteiger partial charge in [-0.2, -0.15) is 0 Å². The lowest BCUT2D eigenvalue weighted by Crippen LogP contribution is -2.68. The fraction of sp³-hybridized carbons (Fsp3) is 0.462. The molecule has 29 heavy (non-hydrogen) atoms. The Hall–Kier alpha value is -1.68. The molecule has 0 N–H and O–H groups in total. The summed E-state index contributed by atoms with van der Waals surface area (Å²) in [6.45, 7) is 9.12. The van der Waals surface area contributed by atoms with Crippen molar-refractivity contribution < 1.29 is 9.16 Å².